The molecule has 1 aliphatic rings. The van der Waals surface area contributed by atoms with Gasteiger partial charge in [-0.25, -0.2) is 0 Å². The van der Waals surface area contributed by atoms with Gasteiger partial charge in [0.15, 0.2) is 0 Å². The lowest BCUT2D eigenvalue weighted by molar-refractivity contribution is -0.136. The Labute approximate surface area is 141 Å². The van der Waals surface area contributed by atoms with Crippen LogP contribution in [0.25, 0.3) is 11.4 Å². The summed E-state index contributed by atoms with van der Waals surface area (Å²) in [6.45, 7) is 4.40. The lowest BCUT2D eigenvalue weighted by atomic mass is 9.92. The maximum Gasteiger partial charge on any atom is 0.248 e. The Bertz CT molecular complexity index is 700. The van der Waals surface area contributed by atoms with E-state index in [1.807, 2.05) is 15.6 Å². The van der Waals surface area contributed by atoms with Crippen LogP contribution in [0, 0.1) is 0 Å². The first-order valence-electron chi connectivity index (χ1n) is 8.34. The van der Waals surface area contributed by atoms with Crippen LogP contribution in [0.3, 0.4) is 0 Å². The minimum absolute atomic E-state index is 0.0336. The summed E-state index contributed by atoms with van der Waals surface area (Å²) in [5.41, 5.74) is 2.78. The fourth-order valence-electron chi connectivity index (χ4n) is 3.27. The fourth-order valence-corrected chi connectivity index (χ4v) is 3.27. The molecule has 0 radical (unpaired) electrons. The van der Waals surface area contributed by atoms with Gasteiger partial charge in [0, 0.05) is 51.3 Å². The zero-order valence-electron chi connectivity index (χ0n) is 14.2. The van der Waals surface area contributed by atoms with Crippen LogP contribution in [-0.2, 0) is 16.1 Å². The van der Waals surface area contributed by atoms with Crippen molar-refractivity contribution in [2.45, 2.75) is 32.2 Å². The van der Waals surface area contributed by atoms with Crippen LogP contribution < -0.4 is 0 Å². The van der Waals surface area contributed by atoms with E-state index in [4.69, 9.17) is 4.74 Å². The number of carbonyl (C=O) groups excluding carboxylic acids is 1. The molecule has 3 heterocycles. The average Bonchev–Trinajstić information content (AvgIpc) is 3.10. The van der Waals surface area contributed by atoms with Gasteiger partial charge in [-0.1, -0.05) is 0 Å². The SMILES string of the molecule is CCn1nccc1-c1nccnc1[C@H]1CCCN(C(=O)COC)C1. The number of hydrogen-bond donors (Lipinski definition) is 0. The summed E-state index contributed by atoms with van der Waals surface area (Å²) in [5, 5.41) is 4.33. The number of ether oxygens (including phenoxy) is 1. The number of nitrogens with zero attached hydrogens (tertiary/aromatic N) is 5. The highest BCUT2D eigenvalue weighted by molar-refractivity contribution is 5.77. The monoisotopic (exact) mass is 329 g/mol. The van der Waals surface area contributed by atoms with Gasteiger partial charge in [0.2, 0.25) is 5.91 Å². The van der Waals surface area contributed by atoms with Crippen molar-refractivity contribution in [2.75, 3.05) is 26.8 Å². The molecule has 0 aliphatic carbocycles. The van der Waals surface area contributed by atoms with E-state index in [9.17, 15) is 4.79 Å². The molecular formula is C17H23N5O2. The summed E-state index contributed by atoms with van der Waals surface area (Å²) in [4.78, 5) is 23.2. The Morgan fingerprint density at radius 3 is 2.96 bits per heavy atom. The molecule has 3 rings (SSSR count). The first-order valence-corrected chi connectivity index (χ1v) is 8.34. The van der Waals surface area contributed by atoms with Crippen molar-refractivity contribution in [3.05, 3.63) is 30.4 Å². The average molecular weight is 329 g/mol. The summed E-state index contributed by atoms with van der Waals surface area (Å²) in [6, 6.07) is 1.97. The first-order chi connectivity index (χ1) is 11.7. The highest BCUT2D eigenvalue weighted by Crippen LogP contribution is 2.31. The Hall–Kier alpha value is -2.28. The predicted octanol–water partition coefficient (Wildman–Crippen LogP) is 1.71. The molecule has 2 aromatic heterocycles. The van der Waals surface area contributed by atoms with Gasteiger partial charge in [-0.3, -0.25) is 19.4 Å². The lowest BCUT2D eigenvalue weighted by Gasteiger charge is -2.32. The standard InChI is InChI=1S/C17H23N5O2/c1-3-22-14(6-7-20-22)17-16(18-8-9-19-17)13-5-4-10-21(11-13)15(23)12-24-2/h6-9,13H,3-5,10-12H2,1-2H3/t13-/m0/s1. The maximum atomic E-state index is 12.1. The van der Waals surface area contributed by atoms with Crippen LogP contribution in [0.5, 0.6) is 0 Å². The minimum atomic E-state index is 0.0336. The smallest absolute Gasteiger partial charge is 0.248 e. The molecule has 1 saturated heterocycles. The molecule has 24 heavy (non-hydrogen) atoms. The van der Waals surface area contributed by atoms with Crippen LogP contribution in [0.2, 0.25) is 0 Å². The van der Waals surface area contributed by atoms with Crippen LogP contribution >= 0.6 is 0 Å². The second-order valence-electron chi connectivity index (χ2n) is 5.93. The molecular weight excluding hydrogens is 306 g/mol. The van der Waals surface area contributed by atoms with Gasteiger partial charge >= 0.3 is 0 Å². The normalized spacial score (nSPS) is 17.9. The Morgan fingerprint density at radius 2 is 2.17 bits per heavy atom. The van der Waals surface area contributed by atoms with E-state index in [0.29, 0.717) is 6.54 Å². The molecule has 0 N–H and O–H groups in total. The second-order valence-corrected chi connectivity index (χ2v) is 5.93. The zero-order chi connectivity index (χ0) is 16.9. The van der Waals surface area contributed by atoms with Crippen LogP contribution in [0.15, 0.2) is 24.7 Å². The molecule has 2 aromatic rings. The first kappa shape index (κ1) is 16.6. The fraction of sp³-hybridized carbons (Fsp3) is 0.529. The third kappa shape index (κ3) is 3.31. The highest BCUT2D eigenvalue weighted by atomic mass is 16.5. The van der Waals surface area contributed by atoms with Gasteiger partial charge in [-0.15, -0.1) is 0 Å². The molecule has 128 valence electrons. The van der Waals surface area contributed by atoms with Gasteiger partial charge in [-0.05, 0) is 25.8 Å². The topological polar surface area (TPSA) is 73.1 Å². The van der Waals surface area contributed by atoms with E-state index in [0.717, 1.165) is 43.0 Å². The van der Waals surface area contributed by atoms with E-state index >= 15 is 0 Å². The molecule has 0 unspecified atom stereocenters. The molecule has 0 bridgehead atoms. The third-order valence-electron chi connectivity index (χ3n) is 4.41. The quantitative estimate of drug-likeness (QED) is 0.835. The van der Waals surface area contributed by atoms with Crippen molar-refractivity contribution in [1.82, 2.24) is 24.6 Å². The number of piperidine rings is 1. The lowest BCUT2D eigenvalue weighted by Crippen LogP contribution is -2.41. The van der Waals surface area contributed by atoms with Crippen molar-refractivity contribution < 1.29 is 9.53 Å². The highest BCUT2D eigenvalue weighted by Gasteiger charge is 2.28. The number of carbonyl (C=O) groups is 1. The van der Waals surface area contributed by atoms with Crippen molar-refractivity contribution in [2.24, 2.45) is 0 Å². The summed E-state index contributed by atoms with van der Waals surface area (Å²) >= 11 is 0. The number of rotatable bonds is 5. The molecule has 0 aromatic carbocycles. The number of amides is 1. The third-order valence-corrected chi connectivity index (χ3v) is 4.41. The van der Waals surface area contributed by atoms with Gasteiger partial charge in [0.25, 0.3) is 0 Å². The van der Waals surface area contributed by atoms with Crippen LogP contribution in [0.1, 0.15) is 31.4 Å². The van der Waals surface area contributed by atoms with Gasteiger partial charge in [0.05, 0.1) is 11.4 Å². The molecule has 0 saturated carbocycles. The van der Waals surface area contributed by atoms with Crippen molar-refractivity contribution >= 4 is 5.91 Å². The minimum Gasteiger partial charge on any atom is -0.375 e. The van der Waals surface area contributed by atoms with E-state index in [1.165, 1.54) is 0 Å². The second kappa shape index (κ2) is 7.53. The van der Waals surface area contributed by atoms with Crippen LogP contribution in [-0.4, -0.2) is 57.4 Å². The van der Waals surface area contributed by atoms with Crippen molar-refractivity contribution in [1.29, 1.82) is 0 Å². The van der Waals surface area contributed by atoms with E-state index < -0.39 is 0 Å². The molecule has 1 aliphatic heterocycles. The van der Waals surface area contributed by atoms with E-state index in [2.05, 4.69) is 22.0 Å². The number of hydrogen-bond acceptors (Lipinski definition) is 5. The summed E-state index contributed by atoms with van der Waals surface area (Å²) in [7, 11) is 1.55. The number of aryl methyl sites for hydroxylation is 1. The van der Waals surface area contributed by atoms with E-state index in [1.54, 1.807) is 25.7 Å². The maximum absolute atomic E-state index is 12.1. The molecule has 1 fully saturated rings. The summed E-state index contributed by atoms with van der Waals surface area (Å²) < 4.78 is 6.90. The molecule has 1 amide bonds. The Morgan fingerprint density at radius 1 is 1.33 bits per heavy atom. The number of likely N-dealkylation sites (tertiary alicyclic amines) is 1. The number of methoxy groups -OCH3 is 1. The van der Waals surface area contributed by atoms with Gasteiger partial charge in [-0.2, -0.15) is 5.10 Å². The summed E-state index contributed by atoms with van der Waals surface area (Å²) in [6.07, 6.45) is 7.18. The van der Waals surface area contributed by atoms with Gasteiger partial charge in [0.1, 0.15) is 12.3 Å². The predicted molar refractivity (Wildman–Crippen MR) is 89.4 cm³/mol. The van der Waals surface area contributed by atoms with Crippen LogP contribution in [0.4, 0.5) is 0 Å². The largest absolute Gasteiger partial charge is 0.375 e. The Balaban J connectivity index is 1.88. The summed E-state index contributed by atoms with van der Waals surface area (Å²) in [5.74, 6) is 0.217. The molecule has 0 spiro atoms. The van der Waals surface area contributed by atoms with E-state index in [-0.39, 0.29) is 18.4 Å². The zero-order valence-corrected chi connectivity index (χ0v) is 14.2. The molecule has 7 heteroatoms. The molecule has 7 nitrogen and oxygen atoms in total. The van der Waals surface area contributed by atoms with Crippen molar-refractivity contribution in [3.63, 3.8) is 0 Å². The number of aromatic nitrogens is 4. The van der Waals surface area contributed by atoms with Gasteiger partial charge < -0.3 is 9.64 Å². The molecule has 1 atom stereocenters. The Kier molecular flexibility index (Phi) is 5.20. The van der Waals surface area contributed by atoms with Crippen molar-refractivity contribution in [3.8, 4) is 11.4 Å².